The lowest BCUT2D eigenvalue weighted by Gasteiger charge is -2.30. The van der Waals surface area contributed by atoms with Crippen molar-refractivity contribution in [2.45, 2.75) is 19.3 Å². The van der Waals surface area contributed by atoms with E-state index in [9.17, 15) is 9.59 Å². The fourth-order valence-electron chi connectivity index (χ4n) is 2.41. The second-order valence-electron chi connectivity index (χ2n) is 5.33. The Hall–Kier alpha value is -2.31. The van der Waals surface area contributed by atoms with Crippen molar-refractivity contribution >= 4 is 17.8 Å². The summed E-state index contributed by atoms with van der Waals surface area (Å²) in [6.07, 6.45) is 3.59. The SMILES string of the molecule is O=C(O)C1CCN(C(=O)NCCCNc2ccccn2)CC1. The van der Waals surface area contributed by atoms with Gasteiger partial charge in [-0.15, -0.1) is 0 Å². The van der Waals surface area contributed by atoms with Gasteiger partial charge in [-0.05, 0) is 31.4 Å². The Morgan fingerprint density at radius 1 is 1.27 bits per heavy atom. The monoisotopic (exact) mass is 306 g/mol. The van der Waals surface area contributed by atoms with E-state index in [1.165, 1.54) is 0 Å². The Bertz CT molecular complexity index is 487. The summed E-state index contributed by atoms with van der Waals surface area (Å²) in [6, 6.07) is 5.56. The zero-order chi connectivity index (χ0) is 15.8. The van der Waals surface area contributed by atoms with Crippen molar-refractivity contribution in [3.8, 4) is 0 Å². The second-order valence-corrected chi connectivity index (χ2v) is 5.33. The minimum atomic E-state index is -0.763. The lowest BCUT2D eigenvalue weighted by Crippen LogP contribution is -2.45. The summed E-state index contributed by atoms with van der Waals surface area (Å²) >= 11 is 0. The van der Waals surface area contributed by atoms with Crippen LogP contribution in [0.2, 0.25) is 0 Å². The third kappa shape index (κ3) is 4.91. The number of rotatable bonds is 6. The average Bonchev–Trinajstić information content (AvgIpc) is 2.55. The van der Waals surface area contributed by atoms with E-state index in [0.717, 1.165) is 18.8 Å². The number of anilines is 1. The highest BCUT2D eigenvalue weighted by Gasteiger charge is 2.26. The van der Waals surface area contributed by atoms with Gasteiger partial charge >= 0.3 is 12.0 Å². The summed E-state index contributed by atoms with van der Waals surface area (Å²) < 4.78 is 0. The van der Waals surface area contributed by atoms with Crippen LogP contribution in [0.5, 0.6) is 0 Å². The number of amides is 2. The van der Waals surface area contributed by atoms with Crippen LogP contribution < -0.4 is 10.6 Å². The molecule has 0 bridgehead atoms. The molecule has 1 aromatic heterocycles. The van der Waals surface area contributed by atoms with Crippen molar-refractivity contribution < 1.29 is 14.7 Å². The molecule has 2 amide bonds. The first-order chi connectivity index (χ1) is 10.7. The highest BCUT2D eigenvalue weighted by Crippen LogP contribution is 2.17. The summed E-state index contributed by atoms with van der Waals surface area (Å²) in [4.78, 5) is 28.6. The molecule has 1 aliphatic heterocycles. The van der Waals surface area contributed by atoms with Gasteiger partial charge < -0.3 is 20.6 Å². The number of carbonyl (C=O) groups is 2. The Labute approximate surface area is 129 Å². The predicted molar refractivity (Wildman–Crippen MR) is 82.7 cm³/mol. The van der Waals surface area contributed by atoms with Gasteiger partial charge in [0.15, 0.2) is 0 Å². The third-order valence-electron chi connectivity index (χ3n) is 3.73. The van der Waals surface area contributed by atoms with Gasteiger partial charge in [0, 0.05) is 32.4 Å². The zero-order valence-corrected chi connectivity index (χ0v) is 12.5. The van der Waals surface area contributed by atoms with Gasteiger partial charge in [-0.1, -0.05) is 6.07 Å². The van der Waals surface area contributed by atoms with Crippen molar-refractivity contribution in [1.82, 2.24) is 15.2 Å². The molecule has 0 unspecified atom stereocenters. The van der Waals surface area contributed by atoms with Gasteiger partial charge in [-0.25, -0.2) is 9.78 Å². The molecule has 1 aliphatic rings. The number of nitrogens with one attached hydrogen (secondary N) is 2. The molecule has 120 valence electrons. The summed E-state index contributed by atoms with van der Waals surface area (Å²) in [7, 11) is 0. The van der Waals surface area contributed by atoms with E-state index in [1.807, 2.05) is 18.2 Å². The normalized spacial score (nSPS) is 15.4. The van der Waals surface area contributed by atoms with E-state index in [1.54, 1.807) is 11.1 Å². The molecule has 0 radical (unpaired) electrons. The number of hydrogen-bond acceptors (Lipinski definition) is 4. The number of carboxylic acids is 1. The topological polar surface area (TPSA) is 94.6 Å². The minimum absolute atomic E-state index is 0.110. The quantitative estimate of drug-likeness (QED) is 0.690. The Kier molecular flexibility index (Phi) is 6.00. The zero-order valence-electron chi connectivity index (χ0n) is 12.5. The van der Waals surface area contributed by atoms with Crippen LogP contribution in [0.1, 0.15) is 19.3 Å². The molecule has 2 heterocycles. The van der Waals surface area contributed by atoms with Crippen molar-refractivity contribution in [2.24, 2.45) is 5.92 Å². The molecule has 22 heavy (non-hydrogen) atoms. The molecule has 1 fully saturated rings. The van der Waals surface area contributed by atoms with Gasteiger partial charge in [-0.3, -0.25) is 4.79 Å². The maximum absolute atomic E-state index is 11.9. The average molecular weight is 306 g/mol. The number of urea groups is 1. The largest absolute Gasteiger partial charge is 0.481 e. The predicted octanol–water partition coefficient (Wildman–Crippen LogP) is 1.39. The van der Waals surface area contributed by atoms with Crippen LogP contribution in [0.25, 0.3) is 0 Å². The van der Waals surface area contributed by atoms with E-state index < -0.39 is 5.97 Å². The van der Waals surface area contributed by atoms with Gasteiger partial charge in [-0.2, -0.15) is 0 Å². The van der Waals surface area contributed by atoms with Crippen LogP contribution in [-0.2, 0) is 4.79 Å². The van der Waals surface area contributed by atoms with E-state index in [-0.39, 0.29) is 11.9 Å². The van der Waals surface area contributed by atoms with Gasteiger partial charge in [0.1, 0.15) is 5.82 Å². The van der Waals surface area contributed by atoms with Crippen LogP contribution in [-0.4, -0.2) is 53.2 Å². The Morgan fingerprint density at radius 2 is 2.05 bits per heavy atom. The van der Waals surface area contributed by atoms with Crippen LogP contribution in [0, 0.1) is 5.92 Å². The first-order valence-corrected chi connectivity index (χ1v) is 7.57. The van der Waals surface area contributed by atoms with Gasteiger partial charge in [0.25, 0.3) is 0 Å². The maximum atomic E-state index is 11.9. The maximum Gasteiger partial charge on any atom is 0.317 e. The first kappa shape index (κ1) is 16.1. The van der Waals surface area contributed by atoms with Crippen LogP contribution >= 0.6 is 0 Å². The molecule has 1 aromatic rings. The first-order valence-electron chi connectivity index (χ1n) is 7.57. The number of nitrogens with zero attached hydrogens (tertiary/aromatic N) is 2. The molecule has 0 atom stereocenters. The molecule has 0 aromatic carbocycles. The molecule has 3 N–H and O–H groups in total. The number of carbonyl (C=O) groups excluding carboxylic acids is 1. The Balaban J connectivity index is 1.57. The number of hydrogen-bond donors (Lipinski definition) is 3. The van der Waals surface area contributed by atoms with Gasteiger partial charge in [0.05, 0.1) is 5.92 Å². The lowest BCUT2D eigenvalue weighted by molar-refractivity contribution is -0.143. The highest BCUT2D eigenvalue weighted by molar-refractivity contribution is 5.75. The van der Waals surface area contributed by atoms with Crippen molar-refractivity contribution in [1.29, 1.82) is 0 Å². The molecule has 2 rings (SSSR count). The van der Waals surface area contributed by atoms with Gasteiger partial charge in [0.2, 0.25) is 0 Å². The van der Waals surface area contributed by atoms with E-state index in [0.29, 0.717) is 32.5 Å². The summed E-state index contributed by atoms with van der Waals surface area (Å²) in [6.45, 7) is 2.33. The molecule has 7 nitrogen and oxygen atoms in total. The lowest BCUT2D eigenvalue weighted by atomic mass is 9.97. The molecule has 7 heteroatoms. The van der Waals surface area contributed by atoms with Crippen molar-refractivity contribution in [3.63, 3.8) is 0 Å². The van der Waals surface area contributed by atoms with Crippen LogP contribution in [0.3, 0.4) is 0 Å². The summed E-state index contributed by atoms with van der Waals surface area (Å²) in [5.41, 5.74) is 0. The van der Waals surface area contributed by atoms with Crippen molar-refractivity contribution in [3.05, 3.63) is 24.4 Å². The molecule has 0 saturated carbocycles. The number of piperidine rings is 1. The summed E-state index contributed by atoms with van der Waals surface area (Å²) in [5.74, 6) is -0.253. The standard InChI is InChI=1S/C15H22N4O3/c20-14(21)12-5-10-19(11-6-12)15(22)18-9-3-8-17-13-4-1-2-7-16-13/h1-2,4,7,12H,3,5-6,8-11H2,(H,16,17)(H,18,22)(H,20,21). The number of aromatic nitrogens is 1. The molecule has 1 saturated heterocycles. The number of carboxylic acid groups (broad SMARTS) is 1. The third-order valence-corrected chi connectivity index (χ3v) is 3.73. The fourth-order valence-corrected chi connectivity index (χ4v) is 2.41. The number of pyridine rings is 1. The van der Waals surface area contributed by atoms with E-state index in [4.69, 9.17) is 5.11 Å². The molecule has 0 aliphatic carbocycles. The van der Waals surface area contributed by atoms with Crippen molar-refractivity contribution in [2.75, 3.05) is 31.5 Å². The van der Waals surface area contributed by atoms with E-state index in [2.05, 4.69) is 15.6 Å². The highest BCUT2D eigenvalue weighted by atomic mass is 16.4. The summed E-state index contributed by atoms with van der Waals surface area (Å²) in [5, 5.41) is 15.0. The van der Waals surface area contributed by atoms with Crippen LogP contribution in [0.4, 0.5) is 10.6 Å². The van der Waals surface area contributed by atoms with Crippen LogP contribution in [0.15, 0.2) is 24.4 Å². The molecular formula is C15H22N4O3. The minimum Gasteiger partial charge on any atom is -0.481 e. The molecule has 0 spiro atoms. The fraction of sp³-hybridized carbons (Fsp3) is 0.533. The Morgan fingerprint density at radius 3 is 2.68 bits per heavy atom. The second kappa shape index (κ2) is 8.21. The smallest absolute Gasteiger partial charge is 0.317 e. The number of likely N-dealkylation sites (tertiary alicyclic amines) is 1. The number of aliphatic carboxylic acids is 1. The molecular weight excluding hydrogens is 284 g/mol. The van der Waals surface area contributed by atoms with E-state index >= 15 is 0 Å².